The Bertz CT molecular complexity index is 3040. The Labute approximate surface area is 460 Å². The number of nitrogen functional groups attached to an aromatic ring is 1. The van der Waals surface area contributed by atoms with Crippen molar-refractivity contribution in [2.45, 2.75) is 122 Å². The summed E-state index contributed by atoms with van der Waals surface area (Å²) in [6.45, 7) is 15.5. The molecule has 18 nitrogen and oxygen atoms in total. The van der Waals surface area contributed by atoms with E-state index in [-0.39, 0.29) is 48.6 Å². The molecule has 5 fully saturated rings. The molecule has 0 radical (unpaired) electrons. The predicted molar refractivity (Wildman–Crippen MR) is 299 cm³/mol. The number of likely N-dealkylation sites (tertiary alicyclic amines) is 2. The maximum Gasteiger partial charge on any atom is 0.254 e. The summed E-state index contributed by atoms with van der Waals surface area (Å²) in [5, 5.41) is 37.1. The van der Waals surface area contributed by atoms with E-state index in [1.807, 2.05) is 81.9 Å². The van der Waals surface area contributed by atoms with E-state index in [1.165, 1.54) is 4.90 Å². The number of thiazole rings is 1. The van der Waals surface area contributed by atoms with E-state index in [0.717, 1.165) is 104 Å². The summed E-state index contributed by atoms with van der Waals surface area (Å²) in [4.78, 5) is 47.2. The van der Waals surface area contributed by atoms with E-state index in [0.29, 0.717) is 71.0 Å². The number of aliphatic hydroxyl groups is 1. The molecule has 4 aliphatic heterocycles. The molecular formula is C59H73N11O7S. The molecule has 2 aromatic carbocycles. The summed E-state index contributed by atoms with van der Waals surface area (Å²) in [5.74, 6) is 2.13. The summed E-state index contributed by atoms with van der Waals surface area (Å²) < 4.78 is 18.4. The number of hydrogen-bond donors (Lipinski definition) is 4. The minimum absolute atomic E-state index is 0.0620. The number of nitrogens with one attached hydrogen (secondary N) is 1. The highest BCUT2D eigenvalue weighted by Gasteiger charge is 2.45. The van der Waals surface area contributed by atoms with Crippen LogP contribution in [0.4, 0.5) is 17.2 Å². The van der Waals surface area contributed by atoms with E-state index >= 15 is 0 Å². The standard InChI is InChI=1S/C59H73N11O7S/c1-34(2)55(59(74)69-32-45(71)25-50(69)58(73)63-36(4)40-10-12-41(13-11-40)56-37(5)62-33-78-56)52-27-54(66-77-52)75-21-18-39-17-20-67(28-35(39)3)29-38-22-46(23-38)76-53-24-42(16-19-61-53)70-43-14-15-44(70)31-68(30-43)49-26-48(64-65-57(49)60)47-8-6-7-9-51(47)72/h6-13,16,19,24,26-27,33-36,38-39,43-46,50,55,71-72H,14-15,17-18,20-23,25,28-32H2,1-5H3,(H2,60,65)(H,63,73)/t35-,36+,38?,39+,43-,44?,45-,46?,50+,55-/m1/s1. The van der Waals surface area contributed by atoms with Crippen molar-refractivity contribution in [3.8, 4) is 39.2 Å². The second-order valence-electron chi connectivity index (χ2n) is 22.9. The lowest BCUT2D eigenvalue weighted by atomic mass is 9.80. The zero-order chi connectivity index (χ0) is 54.2. The van der Waals surface area contributed by atoms with Crippen LogP contribution in [0.15, 0.2) is 89.0 Å². The molecule has 0 spiro atoms. The monoisotopic (exact) mass is 1080 g/mol. The normalized spacial score (nSPS) is 25.0. The largest absolute Gasteiger partial charge is 0.507 e. The second kappa shape index (κ2) is 22.9. The van der Waals surface area contributed by atoms with Crippen LogP contribution in [0.1, 0.15) is 102 Å². The molecular weight excluding hydrogens is 1010 g/mol. The van der Waals surface area contributed by atoms with Crippen LogP contribution in [0.5, 0.6) is 17.5 Å². The van der Waals surface area contributed by atoms with Gasteiger partial charge < -0.3 is 54.9 Å². The highest BCUT2D eigenvalue weighted by Crippen LogP contribution is 2.41. The van der Waals surface area contributed by atoms with E-state index in [1.54, 1.807) is 29.5 Å². The first-order valence-corrected chi connectivity index (χ1v) is 28.8. The number of pyridine rings is 1. The SMILES string of the molecule is Cc1ncsc1-c1ccc([C@H](C)NC(=O)[C@@H]2C[C@@H](O)CN2C(=O)[C@@H](c2cc(OCC[C@@H]3CCN(CC4CC(Oc5cc(N6C7CC[C@@H]6CN(c6cc(-c8ccccc8O)nnc6N)C7)ccn5)C4)C[C@H]3C)no2)C(C)C)cc1. The first-order valence-electron chi connectivity index (χ1n) is 27.9. The Balaban J connectivity index is 0.610. The maximum absolute atomic E-state index is 14.3. The Morgan fingerprint density at radius 2 is 1.71 bits per heavy atom. The number of amides is 2. The van der Waals surface area contributed by atoms with E-state index < -0.39 is 18.1 Å². The number of para-hydroxylation sites is 1. The van der Waals surface area contributed by atoms with Crippen LogP contribution in [0.3, 0.4) is 0 Å². The molecule has 5 N–H and O–H groups in total. The lowest BCUT2D eigenvalue weighted by Gasteiger charge is -2.44. The molecule has 6 aromatic rings. The van der Waals surface area contributed by atoms with Crippen molar-refractivity contribution in [3.63, 3.8) is 0 Å². The van der Waals surface area contributed by atoms with Crippen LogP contribution in [0, 0.1) is 30.6 Å². The number of aromatic nitrogens is 5. The molecule has 5 aliphatic rings. The summed E-state index contributed by atoms with van der Waals surface area (Å²) in [6.07, 6.45) is 7.55. The lowest BCUT2D eigenvalue weighted by molar-refractivity contribution is -0.141. The van der Waals surface area contributed by atoms with Gasteiger partial charge >= 0.3 is 0 Å². The number of hydrogen-bond acceptors (Lipinski definition) is 17. The second-order valence-corrected chi connectivity index (χ2v) is 23.7. The van der Waals surface area contributed by atoms with Gasteiger partial charge in [-0.25, -0.2) is 9.97 Å². The number of aromatic hydroxyl groups is 1. The zero-order valence-electron chi connectivity index (χ0n) is 45.3. The molecule has 412 valence electrons. The molecule has 1 saturated carbocycles. The van der Waals surface area contributed by atoms with Gasteiger partial charge in [0.15, 0.2) is 11.6 Å². The number of piperazine rings is 1. The summed E-state index contributed by atoms with van der Waals surface area (Å²) in [5.41, 5.74) is 14.5. The first-order chi connectivity index (χ1) is 37.7. The molecule has 78 heavy (non-hydrogen) atoms. The number of phenolic OH excluding ortho intramolecular Hbond substituents is 1. The van der Waals surface area contributed by atoms with Gasteiger partial charge in [0.25, 0.3) is 5.88 Å². The molecule has 4 aromatic heterocycles. The third-order valence-electron chi connectivity index (χ3n) is 17.1. The number of β-amino-alcohol motifs (C(OH)–C–C–N with tert-alkyl or cyclic N) is 1. The van der Waals surface area contributed by atoms with Gasteiger partial charge in [0.2, 0.25) is 17.7 Å². The number of benzene rings is 2. The van der Waals surface area contributed by atoms with Crippen molar-refractivity contribution in [2.75, 3.05) is 61.4 Å². The fourth-order valence-corrected chi connectivity index (χ4v) is 13.7. The van der Waals surface area contributed by atoms with Gasteiger partial charge in [0, 0.05) is 80.8 Å². The van der Waals surface area contributed by atoms with Gasteiger partial charge in [-0.2, -0.15) is 0 Å². The third kappa shape index (κ3) is 11.4. The fourth-order valence-electron chi connectivity index (χ4n) is 12.9. The number of aryl methyl sites for hydroxylation is 1. The molecule has 2 amide bonds. The number of nitrogens with zero attached hydrogens (tertiary/aromatic N) is 9. The molecule has 2 bridgehead atoms. The van der Waals surface area contributed by atoms with Crippen LogP contribution in [-0.2, 0) is 9.59 Å². The van der Waals surface area contributed by atoms with Gasteiger partial charge in [0.1, 0.15) is 23.8 Å². The lowest BCUT2D eigenvalue weighted by Crippen LogP contribution is -2.54. The van der Waals surface area contributed by atoms with Gasteiger partial charge in [-0.1, -0.05) is 57.2 Å². The average Bonchev–Trinajstić information content (AvgIpc) is 4.31. The van der Waals surface area contributed by atoms with E-state index in [2.05, 4.69) is 64.4 Å². The number of ether oxygens (including phenoxy) is 2. The molecule has 4 saturated heterocycles. The van der Waals surface area contributed by atoms with Crippen molar-refractivity contribution >= 4 is 40.3 Å². The number of fused-ring (bicyclic) bond motifs is 2. The Kier molecular flexibility index (Phi) is 15.6. The molecule has 8 atom stereocenters. The maximum atomic E-state index is 14.3. The molecule has 19 heteroatoms. The third-order valence-corrected chi connectivity index (χ3v) is 18.1. The van der Waals surface area contributed by atoms with Gasteiger partial charge in [0.05, 0.1) is 46.2 Å². The van der Waals surface area contributed by atoms with Crippen molar-refractivity contribution in [2.24, 2.45) is 23.7 Å². The topological polar surface area (TPSA) is 222 Å². The average molecular weight is 1080 g/mol. The van der Waals surface area contributed by atoms with Gasteiger partial charge in [-0.05, 0) is 123 Å². The van der Waals surface area contributed by atoms with Crippen LogP contribution in [0.25, 0.3) is 21.7 Å². The number of piperidine rings is 1. The number of anilines is 3. The number of phenols is 1. The van der Waals surface area contributed by atoms with Crippen LogP contribution < -0.4 is 30.3 Å². The minimum Gasteiger partial charge on any atom is -0.507 e. The van der Waals surface area contributed by atoms with Crippen LogP contribution in [0.2, 0.25) is 0 Å². The Hall–Kier alpha value is -6.83. The van der Waals surface area contributed by atoms with Crippen molar-refractivity contribution in [1.29, 1.82) is 0 Å². The summed E-state index contributed by atoms with van der Waals surface area (Å²) >= 11 is 1.60. The number of carbonyl (C=O) groups excluding carboxylic acids is 2. The quantitative estimate of drug-likeness (QED) is 0.0636. The number of aliphatic hydroxyl groups excluding tert-OH is 1. The number of nitrogens with two attached hydrogens (primary N) is 1. The van der Waals surface area contributed by atoms with Gasteiger partial charge in [-0.3, -0.25) is 9.59 Å². The smallest absolute Gasteiger partial charge is 0.254 e. The number of rotatable bonds is 18. The summed E-state index contributed by atoms with van der Waals surface area (Å²) in [7, 11) is 0. The molecule has 1 unspecified atom stereocenters. The predicted octanol–water partition coefficient (Wildman–Crippen LogP) is 8.27. The van der Waals surface area contributed by atoms with Crippen molar-refractivity contribution in [3.05, 3.63) is 102 Å². The van der Waals surface area contributed by atoms with Crippen LogP contribution >= 0.6 is 11.3 Å². The minimum atomic E-state index is -0.821. The van der Waals surface area contributed by atoms with Crippen molar-refractivity contribution in [1.82, 2.24) is 40.4 Å². The summed E-state index contributed by atoms with van der Waals surface area (Å²) in [6, 6.07) is 22.6. The van der Waals surface area contributed by atoms with Crippen LogP contribution in [-0.4, -0.2) is 133 Å². The highest BCUT2D eigenvalue weighted by molar-refractivity contribution is 7.13. The van der Waals surface area contributed by atoms with E-state index in [4.69, 9.17) is 19.7 Å². The number of carbonyl (C=O) groups is 2. The Morgan fingerprint density at radius 3 is 2.44 bits per heavy atom. The molecule has 1 aliphatic carbocycles. The highest BCUT2D eigenvalue weighted by atomic mass is 32.1. The van der Waals surface area contributed by atoms with Crippen molar-refractivity contribution < 1.29 is 33.8 Å². The van der Waals surface area contributed by atoms with E-state index in [9.17, 15) is 19.8 Å². The zero-order valence-corrected chi connectivity index (χ0v) is 46.1. The fraction of sp³-hybridized carbons (Fsp3) is 0.508. The molecule has 8 heterocycles. The molecule has 11 rings (SSSR count). The first kappa shape index (κ1) is 53.2. The Morgan fingerprint density at radius 1 is 0.923 bits per heavy atom. The van der Waals surface area contributed by atoms with Gasteiger partial charge in [-0.15, -0.1) is 21.5 Å².